The molecule has 0 aliphatic rings. The molecule has 0 aliphatic carbocycles. The minimum absolute atomic E-state index is 0.689. The van der Waals surface area contributed by atoms with Crippen LogP contribution in [0.25, 0.3) is 0 Å². The molecule has 0 saturated carbocycles. The highest BCUT2D eigenvalue weighted by Crippen LogP contribution is 1.77. The van der Waals surface area contributed by atoms with Crippen molar-refractivity contribution in [2.75, 3.05) is 6.61 Å². The lowest BCUT2D eigenvalue weighted by Crippen LogP contribution is -2.04. The van der Waals surface area contributed by atoms with E-state index in [9.17, 15) is 0 Å². The molecule has 0 fully saturated rings. The van der Waals surface area contributed by atoms with Crippen molar-refractivity contribution >= 4 is 9.24 Å². The largest absolute Gasteiger partial charge is 0.277 e. The van der Waals surface area contributed by atoms with E-state index >= 15 is 0 Å². The Bertz CT molecular complexity index is 55.7. The molecule has 1 atom stereocenters. The molecule has 0 aliphatic heterocycles. The molecule has 1 N–H and O–H groups in total. The zero-order valence-electron chi connectivity index (χ0n) is 4.35. The van der Waals surface area contributed by atoms with E-state index in [0.717, 1.165) is 0 Å². The monoisotopic (exact) mass is 119 g/mol. The van der Waals surface area contributed by atoms with Gasteiger partial charge in [-0.2, -0.15) is 0 Å². The number of hydrogen-bond donors (Lipinski definition) is 1. The Hall–Kier alpha value is -0.0700. The summed E-state index contributed by atoms with van der Waals surface area (Å²) in [6.07, 6.45) is 1.70. The van der Waals surface area contributed by atoms with Crippen LogP contribution >= 0.6 is 9.24 Å². The van der Waals surface area contributed by atoms with Crippen molar-refractivity contribution < 1.29 is 4.84 Å². The van der Waals surface area contributed by atoms with Gasteiger partial charge in [-0.15, -0.1) is 9.24 Å². The smallest absolute Gasteiger partial charge is 0.0717 e. The summed E-state index contributed by atoms with van der Waals surface area (Å²) in [6.45, 7) is 2.61. The molecule has 0 aromatic carbocycles. The first-order chi connectivity index (χ1) is 3.41. The Morgan fingerprint density at radius 1 is 1.86 bits per heavy atom. The van der Waals surface area contributed by atoms with Gasteiger partial charge in [-0.25, -0.2) is 0 Å². The maximum absolute atomic E-state index is 4.72. The number of nitrogens with one attached hydrogen (secondary N) is 1. The first-order valence-corrected chi connectivity index (χ1v) is 2.82. The Kier molecular flexibility index (Phi) is 5.87. The highest BCUT2D eigenvalue weighted by molar-refractivity contribution is 7.20. The summed E-state index contributed by atoms with van der Waals surface area (Å²) in [4.78, 5) is 4.72. The zero-order valence-corrected chi connectivity index (χ0v) is 5.50. The fourth-order valence-corrected chi connectivity index (χ4v) is 0.249. The van der Waals surface area contributed by atoms with Gasteiger partial charge < -0.3 is 0 Å². The molecule has 0 rings (SSSR count). The Labute approximate surface area is 46.1 Å². The maximum Gasteiger partial charge on any atom is 0.0717 e. The fourth-order valence-electron chi connectivity index (χ4n) is 0.171. The van der Waals surface area contributed by atoms with Crippen LogP contribution in [0.3, 0.4) is 0 Å². The lowest BCUT2D eigenvalue weighted by atomic mass is 10.9. The predicted octanol–water partition coefficient (Wildman–Crippen LogP) is 0.874. The van der Waals surface area contributed by atoms with Crippen LogP contribution in [0.2, 0.25) is 0 Å². The first-order valence-electron chi connectivity index (χ1n) is 2.16. The van der Waals surface area contributed by atoms with E-state index in [1.807, 2.05) is 6.92 Å². The number of hydroxylamine groups is 1. The molecular weight excluding hydrogens is 109 g/mol. The molecule has 42 valence electrons. The minimum Gasteiger partial charge on any atom is -0.277 e. The summed E-state index contributed by atoms with van der Waals surface area (Å²) < 4.78 is 0. The van der Waals surface area contributed by atoms with E-state index in [2.05, 4.69) is 14.7 Å². The molecular formula is C4H10NOP. The number of hydrogen-bond acceptors (Lipinski definition) is 2. The third kappa shape index (κ3) is 5.93. The van der Waals surface area contributed by atoms with Gasteiger partial charge in [0.25, 0.3) is 0 Å². The van der Waals surface area contributed by atoms with Crippen molar-refractivity contribution in [2.45, 2.75) is 6.92 Å². The molecule has 0 saturated heterocycles. The van der Waals surface area contributed by atoms with E-state index in [4.69, 9.17) is 4.84 Å². The van der Waals surface area contributed by atoms with Crippen molar-refractivity contribution in [3.63, 3.8) is 0 Å². The molecule has 2 nitrogen and oxygen atoms in total. The average Bonchev–Trinajstić information content (AvgIpc) is 1.69. The van der Waals surface area contributed by atoms with Crippen LogP contribution in [0.1, 0.15) is 6.92 Å². The highest BCUT2D eigenvalue weighted by Gasteiger charge is 1.66. The summed E-state index contributed by atoms with van der Waals surface area (Å²) in [5.74, 6) is 1.79. The van der Waals surface area contributed by atoms with Crippen LogP contribution in [-0.2, 0) is 4.84 Å². The molecule has 0 aromatic rings. The van der Waals surface area contributed by atoms with Gasteiger partial charge in [0.05, 0.1) is 6.61 Å². The normalized spacial score (nSPS) is 10.0. The molecule has 0 bridgehead atoms. The molecule has 0 aromatic heterocycles. The van der Waals surface area contributed by atoms with Crippen molar-refractivity contribution in [3.05, 3.63) is 12.0 Å². The van der Waals surface area contributed by atoms with Gasteiger partial charge in [0.2, 0.25) is 0 Å². The molecule has 0 heterocycles. The van der Waals surface area contributed by atoms with Crippen LogP contribution in [0.4, 0.5) is 0 Å². The van der Waals surface area contributed by atoms with E-state index in [-0.39, 0.29) is 0 Å². The fraction of sp³-hybridized carbons (Fsp3) is 0.500. The average molecular weight is 119 g/mol. The lowest BCUT2D eigenvalue weighted by molar-refractivity contribution is 0.0827. The minimum atomic E-state index is 0.689. The standard InChI is InChI=1S/C4H10NOP/c1-2-6-5-3-4-7/h3-5H,2,7H2,1H3/b4-3-. The van der Waals surface area contributed by atoms with E-state index < -0.39 is 0 Å². The maximum atomic E-state index is 4.72. The zero-order chi connectivity index (χ0) is 5.54. The van der Waals surface area contributed by atoms with Crippen molar-refractivity contribution in [1.82, 2.24) is 5.48 Å². The molecule has 0 radical (unpaired) electrons. The molecule has 3 heteroatoms. The van der Waals surface area contributed by atoms with E-state index in [1.54, 1.807) is 12.0 Å². The van der Waals surface area contributed by atoms with E-state index in [1.165, 1.54) is 0 Å². The van der Waals surface area contributed by atoms with Gasteiger partial charge in [-0.1, -0.05) is 0 Å². The number of rotatable bonds is 3. The quantitative estimate of drug-likeness (QED) is 0.338. The van der Waals surface area contributed by atoms with Crippen molar-refractivity contribution in [2.24, 2.45) is 0 Å². The van der Waals surface area contributed by atoms with Crippen molar-refractivity contribution in [3.8, 4) is 0 Å². The predicted molar refractivity (Wildman–Crippen MR) is 33.6 cm³/mol. The second-order valence-corrected chi connectivity index (χ2v) is 1.29. The lowest BCUT2D eigenvalue weighted by Gasteiger charge is -1.93. The van der Waals surface area contributed by atoms with Crippen LogP contribution in [-0.4, -0.2) is 6.61 Å². The Morgan fingerprint density at radius 3 is 3.00 bits per heavy atom. The van der Waals surface area contributed by atoms with Gasteiger partial charge in [-0.05, 0) is 12.7 Å². The van der Waals surface area contributed by atoms with Crippen LogP contribution in [0, 0.1) is 0 Å². The van der Waals surface area contributed by atoms with Gasteiger partial charge in [0.1, 0.15) is 0 Å². The Morgan fingerprint density at radius 2 is 2.57 bits per heavy atom. The highest BCUT2D eigenvalue weighted by atomic mass is 31.0. The summed E-state index contributed by atoms with van der Waals surface area (Å²) in [7, 11) is 2.43. The second kappa shape index (κ2) is 5.93. The summed E-state index contributed by atoms with van der Waals surface area (Å²) >= 11 is 0. The van der Waals surface area contributed by atoms with Gasteiger partial charge >= 0.3 is 0 Å². The molecule has 1 unspecified atom stereocenters. The van der Waals surface area contributed by atoms with Crippen LogP contribution < -0.4 is 5.48 Å². The SMILES string of the molecule is CCON/C=C\P. The van der Waals surface area contributed by atoms with Gasteiger partial charge in [0, 0.05) is 6.20 Å². The summed E-state index contributed by atoms with van der Waals surface area (Å²) in [5, 5.41) is 0. The first kappa shape index (κ1) is 6.93. The van der Waals surface area contributed by atoms with E-state index in [0.29, 0.717) is 6.61 Å². The van der Waals surface area contributed by atoms with Crippen LogP contribution in [0.5, 0.6) is 0 Å². The molecule has 7 heavy (non-hydrogen) atoms. The second-order valence-electron chi connectivity index (χ2n) is 0.910. The summed E-state index contributed by atoms with van der Waals surface area (Å²) in [5.41, 5.74) is 2.58. The van der Waals surface area contributed by atoms with Crippen LogP contribution in [0.15, 0.2) is 12.0 Å². The summed E-state index contributed by atoms with van der Waals surface area (Å²) in [6, 6.07) is 0. The van der Waals surface area contributed by atoms with Gasteiger partial charge in [0.15, 0.2) is 0 Å². The van der Waals surface area contributed by atoms with Gasteiger partial charge in [-0.3, -0.25) is 10.3 Å². The third-order valence-corrected chi connectivity index (χ3v) is 0.584. The topological polar surface area (TPSA) is 21.3 Å². The molecule has 0 amide bonds. The molecule has 0 spiro atoms. The third-order valence-electron chi connectivity index (χ3n) is 0.392. The Balaban J connectivity index is 2.69. The van der Waals surface area contributed by atoms with Crippen molar-refractivity contribution in [1.29, 1.82) is 0 Å².